The summed E-state index contributed by atoms with van der Waals surface area (Å²) in [7, 11) is 2.01. The van der Waals surface area contributed by atoms with Crippen molar-refractivity contribution in [3.8, 4) is 0 Å². The van der Waals surface area contributed by atoms with Crippen molar-refractivity contribution in [2.24, 2.45) is 57.7 Å². The third kappa shape index (κ3) is 4.10. The summed E-state index contributed by atoms with van der Waals surface area (Å²) in [6.07, 6.45) is 15.3. The number of rotatable bonds is 9. The highest BCUT2D eigenvalue weighted by molar-refractivity contribution is 5.89. The van der Waals surface area contributed by atoms with Gasteiger partial charge < -0.3 is 9.47 Å². The third-order valence-corrected chi connectivity index (χ3v) is 13.9. The second-order valence-corrected chi connectivity index (χ2v) is 15.2. The maximum absolute atomic E-state index is 12.8. The first-order chi connectivity index (χ1) is 18.7. The van der Waals surface area contributed by atoms with Crippen molar-refractivity contribution in [3.05, 3.63) is 35.9 Å². The van der Waals surface area contributed by atoms with Crippen molar-refractivity contribution >= 4 is 5.97 Å². The van der Waals surface area contributed by atoms with Crippen LogP contribution in [-0.2, 0) is 9.47 Å². The Kier molecular flexibility index (Phi) is 7.26. The molecule has 0 heterocycles. The average Bonchev–Trinajstić information content (AvgIpc) is 3.42. The van der Waals surface area contributed by atoms with E-state index < -0.39 is 0 Å². The van der Waals surface area contributed by atoms with E-state index in [4.69, 9.17) is 9.47 Å². The Morgan fingerprint density at radius 2 is 1.77 bits per heavy atom. The van der Waals surface area contributed by atoms with Gasteiger partial charge in [0.1, 0.15) is 6.10 Å². The van der Waals surface area contributed by atoms with Crippen LogP contribution in [-0.4, -0.2) is 25.3 Å². The lowest BCUT2D eigenvalue weighted by Gasteiger charge is -2.61. The van der Waals surface area contributed by atoms with Gasteiger partial charge >= 0.3 is 5.97 Å². The van der Waals surface area contributed by atoms with Gasteiger partial charge in [-0.3, -0.25) is 0 Å². The SMILES string of the molecule is CC[C@]12CC[C@H]3[C@@H](C[C@@H](OC)C45C[C@H]4CC[C@]35C)[C@@H]1CC[C@@H]2[C@H](C)CCC(OC(=O)c1ccccc1)C(C)C. The van der Waals surface area contributed by atoms with Crippen molar-refractivity contribution in [2.45, 2.75) is 117 Å². The zero-order valence-electron chi connectivity index (χ0n) is 25.6. The quantitative estimate of drug-likeness (QED) is 0.297. The number of benzene rings is 1. The number of hydrogen-bond donors (Lipinski definition) is 0. The van der Waals surface area contributed by atoms with Crippen molar-refractivity contribution in [1.29, 1.82) is 0 Å². The van der Waals surface area contributed by atoms with Crippen LogP contribution in [0.4, 0.5) is 0 Å². The van der Waals surface area contributed by atoms with Gasteiger partial charge in [-0.1, -0.05) is 52.8 Å². The first kappa shape index (κ1) is 27.8. The maximum atomic E-state index is 12.8. The fourth-order valence-corrected chi connectivity index (χ4v) is 11.9. The molecule has 3 heteroatoms. The molecule has 3 nitrogen and oxygen atoms in total. The molecule has 2 unspecified atom stereocenters. The summed E-state index contributed by atoms with van der Waals surface area (Å²) in [5.74, 6) is 5.22. The molecule has 0 aromatic heterocycles. The van der Waals surface area contributed by atoms with E-state index in [0.29, 0.717) is 39.7 Å². The molecular formula is C36H54O3. The summed E-state index contributed by atoms with van der Waals surface area (Å²) < 4.78 is 12.4. The molecule has 5 saturated carbocycles. The van der Waals surface area contributed by atoms with Gasteiger partial charge in [0.25, 0.3) is 0 Å². The highest BCUT2D eigenvalue weighted by Gasteiger charge is 2.77. The Morgan fingerprint density at radius 1 is 1.00 bits per heavy atom. The predicted octanol–water partition coefficient (Wildman–Crippen LogP) is 8.96. The Balaban J connectivity index is 1.15. The molecule has 0 bridgehead atoms. The second-order valence-electron chi connectivity index (χ2n) is 15.2. The van der Waals surface area contributed by atoms with Crippen LogP contribution in [0.2, 0.25) is 0 Å². The van der Waals surface area contributed by atoms with E-state index in [2.05, 4.69) is 34.6 Å². The number of methoxy groups -OCH3 is 1. The molecule has 5 aliphatic carbocycles. The number of ether oxygens (including phenoxy) is 2. The second kappa shape index (κ2) is 10.2. The normalized spacial score (nSPS) is 43.7. The molecule has 5 fully saturated rings. The summed E-state index contributed by atoms with van der Waals surface area (Å²) in [4.78, 5) is 12.8. The molecule has 39 heavy (non-hydrogen) atoms. The van der Waals surface area contributed by atoms with Crippen LogP contribution in [0.25, 0.3) is 0 Å². The van der Waals surface area contributed by atoms with Gasteiger partial charge in [-0.15, -0.1) is 0 Å². The smallest absolute Gasteiger partial charge is 0.338 e. The van der Waals surface area contributed by atoms with E-state index >= 15 is 0 Å². The van der Waals surface area contributed by atoms with Crippen molar-refractivity contribution in [2.75, 3.05) is 7.11 Å². The van der Waals surface area contributed by atoms with Crippen LogP contribution in [0.1, 0.15) is 116 Å². The topological polar surface area (TPSA) is 35.5 Å². The largest absolute Gasteiger partial charge is 0.459 e. The lowest BCUT2D eigenvalue weighted by Crippen LogP contribution is -2.57. The molecule has 216 valence electrons. The molecule has 0 radical (unpaired) electrons. The maximum Gasteiger partial charge on any atom is 0.338 e. The monoisotopic (exact) mass is 534 g/mol. The Bertz CT molecular complexity index is 1030. The number of carbonyl (C=O) groups excluding carboxylic acids is 1. The minimum absolute atomic E-state index is 0.0172. The first-order valence-electron chi connectivity index (χ1n) is 16.5. The molecule has 0 N–H and O–H groups in total. The number of carbonyl (C=O) groups is 1. The van der Waals surface area contributed by atoms with Crippen LogP contribution in [0.5, 0.6) is 0 Å². The van der Waals surface area contributed by atoms with Crippen LogP contribution >= 0.6 is 0 Å². The van der Waals surface area contributed by atoms with Crippen molar-refractivity contribution < 1.29 is 14.3 Å². The van der Waals surface area contributed by atoms with Gasteiger partial charge in [0.2, 0.25) is 0 Å². The van der Waals surface area contributed by atoms with E-state index in [9.17, 15) is 4.79 Å². The predicted molar refractivity (Wildman–Crippen MR) is 157 cm³/mol. The third-order valence-electron chi connectivity index (χ3n) is 13.9. The van der Waals surface area contributed by atoms with E-state index in [1.54, 1.807) is 0 Å². The highest BCUT2D eigenvalue weighted by Crippen LogP contribution is 2.82. The minimum Gasteiger partial charge on any atom is -0.459 e. The number of fused-ring (bicyclic) bond motifs is 4. The van der Waals surface area contributed by atoms with Gasteiger partial charge in [0, 0.05) is 12.5 Å². The lowest BCUT2D eigenvalue weighted by molar-refractivity contribution is -0.164. The van der Waals surface area contributed by atoms with Crippen LogP contribution in [0.3, 0.4) is 0 Å². The number of esters is 1. The summed E-state index contributed by atoms with van der Waals surface area (Å²) in [5, 5.41) is 0. The van der Waals surface area contributed by atoms with Crippen LogP contribution in [0, 0.1) is 57.7 Å². The average molecular weight is 535 g/mol. The molecular weight excluding hydrogens is 480 g/mol. The molecule has 5 aliphatic rings. The lowest BCUT2D eigenvalue weighted by atomic mass is 9.44. The van der Waals surface area contributed by atoms with Crippen LogP contribution in [0.15, 0.2) is 30.3 Å². The summed E-state index contributed by atoms with van der Waals surface area (Å²) in [6.45, 7) is 12.1. The molecule has 1 aromatic rings. The molecule has 1 aromatic carbocycles. The molecule has 0 amide bonds. The molecule has 1 spiro atoms. The van der Waals surface area contributed by atoms with E-state index in [1.165, 1.54) is 57.8 Å². The van der Waals surface area contributed by atoms with Crippen molar-refractivity contribution in [3.63, 3.8) is 0 Å². The molecule has 11 atom stereocenters. The minimum atomic E-state index is -0.174. The van der Waals surface area contributed by atoms with Gasteiger partial charge in [-0.2, -0.15) is 0 Å². The number of hydrogen-bond acceptors (Lipinski definition) is 3. The Morgan fingerprint density at radius 3 is 2.44 bits per heavy atom. The fourth-order valence-electron chi connectivity index (χ4n) is 11.9. The van der Waals surface area contributed by atoms with Gasteiger partial charge in [-0.25, -0.2) is 4.79 Å². The summed E-state index contributed by atoms with van der Waals surface area (Å²) >= 11 is 0. The molecule has 0 aliphatic heterocycles. The zero-order chi connectivity index (χ0) is 27.6. The van der Waals surface area contributed by atoms with E-state index in [1.807, 2.05) is 37.4 Å². The Labute approximate surface area is 238 Å². The summed E-state index contributed by atoms with van der Waals surface area (Å²) in [5.41, 5.74) is 2.19. The van der Waals surface area contributed by atoms with Gasteiger partial charge in [0.15, 0.2) is 0 Å². The van der Waals surface area contributed by atoms with Gasteiger partial charge in [-0.05, 0) is 135 Å². The van der Waals surface area contributed by atoms with Crippen molar-refractivity contribution in [1.82, 2.24) is 0 Å². The first-order valence-corrected chi connectivity index (χ1v) is 16.5. The fraction of sp³-hybridized carbons (Fsp3) is 0.806. The summed E-state index contributed by atoms with van der Waals surface area (Å²) in [6, 6.07) is 9.49. The Hall–Kier alpha value is -1.35. The van der Waals surface area contributed by atoms with Crippen LogP contribution < -0.4 is 0 Å². The molecule has 6 rings (SSSR count). The highest BCUT2D eigenvalue weighted by atomic mass is 16.5. The van der Waals surface area contributed by atoms with E-state index in [-0.39, 0.29) is 12.1 Å². The molecule has 0 saturated heterocycles. The van der Waals surface area contributed by atoms with E-state index in [0.717, 1.165) is 42.4 Å². The van der Waals surface area contributed by atoms with Gasteiger partial charge in [0.05, 0.1) is 11.7 Å². The zero-order valence-corrected chi connectivity index (χ0v) is 25.6. The standard InChI is InChI=1S/C36H54O3/c1-7-35-20-18-29-27(21-32(38-6)36-22-26(36)17-19-34(29,36)5)30(35)15-14-28(35)24(4)13-16-31(23(2)3)39-33(37)25-11-9-8-10-12-25/h8-12,23-24,26-32H,7,13-22H2,1-6H3/t24-,26-,27-,28-,29+,30+,31?,32-,34-,35-,36?/m1/s1.